The number of nitrogen functional groups attached to an aromatic ring is 1. The van der Waals surface area contributed by atoms with E-state index >= 15 is 0 Å². The molecule has 1 aromatic heterocycles. The summed E-state index contributed by atoms with van der Waals surface area (Å²) in [7, 11) is 0. The van der Waals surface area contributed by atoms with Gasteiger partial charge in [0.15, 0.2) is 0 Å². The van der Waals surface area contributed by atoms with Crippen LogP contribution in [0.25, 0.3) is 0 Å². The van der Waals surface area contributed by atoms with Crippen LogP contribution in [-0.2, 0) is 4.79 Å². The monoisotopic (exact) mass is 258 g/mol. The molecule has 1 amide bonds. The second-order valence-electron chi connectivity index (χ2n) is 4.72. The van der Waals surface area contributed by atoms with Crippen LogP contribution in [0.1, 0.15) is 23.8 Å². The van der Waals surface area contributed by atoms with Crippen molar-refractivity contribution < 1.29 is 9.21 Å². The fraction of sp³-hybridized carbons (Fsp3) is 0.308. The molecule has 1 atom stereocenters. The largest absolute Gasteiger partial charge is 0.408 e. The number of hydrogen-bond acceptors (Lipinski definition) is 5. The molecule has 1 aromatic carbocycles. The molecule has 0 spiro atoms. The van der Waals surface area contributed by atoms with Crippen LogP contribution < -0.4 is 10.6 Å². The van der Waals surface area contributed by atoms with E-state index in [1.54, 1.807) is 4.90 Å². The number of carbonyl (C=O) groups is 1. The number of rotatable bonds is 2. The maximum atomic E-state index is 12.1. The second-order valence-corrected chi connectivity index (χ2v) is 4.72. The van der Waals surface area contributed by atoms with E-state index < -0.39 is 0 Å². The van der Waals surface area contributed by atoms with Crippen molar-refractivity contribution in [2.45, 2.75) is 19.3 Å². The summed E-state index contributed by atoms with van der Waals surface area (Å²) in [4.78, 5) is 13.8. The highest BCUT2D eigenvalue weighted by molar-refractivity contribution is 5.96. The van der Waals surface area contributed by atoms with Crippen LogP contribution in [0.4, 0.5) is 11.7 Å². The van der Waals surface area contributed by atoms with Gasteiger partial charge in [-0.3, -0.25) is 4.79 Å². The number of nitrogens with zero attached hydrogens (tertiary/aromatic N) is 3. The molecule has 0 bridgehead atoms. The van der Waals surface area contributed by atoms with E-state index in [0.717, 1.165) is 11.3 Å². The Morgan fingerprint density at radius 3 is 2.68 bits per heavy atom. The van der Waals surface area contributed by atoms with Gasteiger partial charge in [-0.25, -0.2) is 0 Å². The minimum absolute atomic E-state index is 0.0382. The molecular weight excluding hydrogens is 244 g/mol. The molecule has 0 unspecified atom stereocenters. The maximum Gasteiger partial charge on any atom is 0.312 e. The molecule has 1 aliphatic rings. The number of carbonyl (C=O) groups excluding carboxylic acids is 1. The third-order valence-corrected chi connectivity index (χ3v) is 3.28. The Morgan fingerprint density at radius 2 is 2.05 bits per heavy atom. The minimum atomic E-state index is -0.0846. The van der Waals surface area contributed by atoms with Crippen molar-refractivity contribution in [2.24, 2.45) is 0 Å². The van der Waals surface area contributed by atoms with Crippen molar-refractivity contribution in [1.82, 2.24) is 10.2 Å². The zero-order valence-corrected chi connectivity index (χ0v) is 10.5. The quantitative estimate of drug-likeness (QED) is 0.881. The van der Waals surface area contributed by atoms with Gasteiger partial charge in [0.1, 0.15) is 0 Å². The summed E-state index contributed by atoms with van der Waals surface area (Å²) >= 11 is 0. The number of aromatic nitrogens is 2. The van der Waals surface area contributed by atoms with E-state index in [2.05, 4.69) is 10.2 Å². The predicted molar refractivity (Wildman–Crippen MR) is 69.6 cm³/mol. The maximum absolute atomic E-state index is 12.1. The molecule has 2 N–H and O–H groups in total. The van der Waals surface area contributed by atoms with Gasteiger partial charge in [-0.1, -0.05) is 22.8 Å². The Bertz CT molecular complexity index is 605. The lowest BCUT2D eigenvalue weighted by atomic mass is 10.1. The SMILES string of the molecule is Cc1ccc(N2C[C@@H](c3nnc(N)o3)CC2=O)cc1. The third kappa shape index (κ3) is 2.16. The standard InChI is InChI=1S/C13H14N4O2/c1-8-2-4-10(5-3-8)17-7-9(6-11(17)18)12-15-16-13(14)19-12/h2-5,9H,6-7H2,1H3,(H2,14,16)/t9-/m0/s1. The summed E-state index contributed by atoms with van der Waals surface area (Å²) in [6, 6.07) is 7.90. The molecule has 6 heteroatoms. The number of amides is 1. The van der Waals surface area contributed by atoms with Gasteiger partial charge in [-0.2, -0.15) is 0 Å². The first-order chi connectivity index (χ1) is 9.13. The van der Waals surface area contributed by atoms with Crippen LogP contribution in [0, 0.1) is 6.92 Å². The lowest BCUT2D eigenvalue weighted by Crippen LogP contribution is -2.24. The van der Waals surface area contributed by atoms with Crippen molar-refractivity contribution in [2.75, 3.05) is 17.2 Å². The van der Waals surface area contributed by atoms with Crippen molar-refractivity contribution >= 4 is 17.6 Å². The normalized spacial score (nSPS) is 19.1. The van der Waals surface area contributed by atoms with Crippen LogP contribution in [0.3, 0.4) is 0 Å². The van der Waals surface area contributed by atoms with Crippen molar-refractivity contribution in [3.8, 4) is 0 Å². The van der Waals surface area contributed by atoms with Crippen molar-refractivity contribution in [1.29, 1.82) is 0 Å². The Kier molecular flexibility index (Phi) is 2.70. The van der Waals surface area contributed by atoms with E-state index in [-0.39, 0.29) is 17.8 Å². The Labute approximate surface area is 110 Å². The first kappa shape index (κ1) is 11.7. The van der Waals surface area contributed by atoms with Gasteiger partial charge in [-0.15, -0.1) is 5.10 Å². The fourth-order valence-electron chi connectivity index (χ4n) is 2.26. The Morgan fingerprint density at radius 1 is 1.32 bits per heavy atom. The number of anilines is 2. The third-order valence-electron chi connectivity index (χ3n) is 3.28. The molecule has 0 saturated carbocycles. The highest BCUT2D eigenvalue weighted by Gasteiger charge is 2.34. The molecule has 3 rings (SSSR count). The molecule has 2 heterocycles. The number of aryl methyl sites for hydroxylation is 1. The molecule has 98 valence electrons. The molecule has 0 aliphatic carbocycles. The molecule has 1 aliphatic heterocycles. The number of hydrogen-bond donors (Lipinski definition) is 1. The molecule has 1 fully saturated rings. The predicted octanol–water partition coefficient (Wildman–Crippen LogP) is 1.48. The first-order valence-corrected chi connectivity index (χ1v) is 6.09. The molecular formula is C13H14N4O2. The lowest BCUT2D eigenvalue weighted by Gasteiger charge is -2.16. The molecule has 0 radical (unpaired) electrons. The van der Waals surface area contributed by atoms with E-state index in [9.17, 15) is 4.79 Å². The van der Waals surface area contributed by atoms with Crippen molar-refractivity contribution in [3.05, 3.63) is 35.7 Å². The first-order valence-electron chi connectivity index (χ1n) is 6.09. The van der Waals surface area contributed by atoms with Gasteiger partial charge in [0, 0.05) is 18.7 Å². The number of benzene rings is 1. The van der Waals surface area contributed by atoms with E-state index in [4.69, 9.17) is 10.2 Å². The fourth-order valence-corrected chi connectivity index (χ4v) is 2.26. The van der Waals surface area contributed by atoms with E-state index in [1.165, 1.54) is 0 Å². The molecule has 19 heavy (non-hydrogen) atoms. The van der Waals surface area contributed by atoms with Crippen LogP contribution in [0.2, 0.25) is 0 Å². The van der Waals surface area contributed by atoms with Gasteiger partial charge in [0.25, 0.3) is 0 Å². The Hall–Kier alpha value is -2.37. The van der Waals surface area contributed by atoms with Gasteiger partial charge >= 0.3 is 6.01 Å². The zero-order valence-electron chi connectivity index (χ0n) is 10.5. The highest BCUT2D eigenvalue weighted by Crippen LogP contribution is 2.31. The average Bonchev–Trinajstić information content (AvgIpc) is 2.97. The zero-order chi connectivity index (χ0) is 13.4. The highest BCUT2D eigenvalue weighted by atomic mass is 16.4. The van der Waals surface area contributed by atoms with Gasteiger partial charge in [-0.05, 0) is 19.1 Å². The molecule has 6 nitrogen and oxygen atoms in total. The van der Waals surface area contributed by atoms with Gasteiger partial charge in [0.05, 0.1) is 5.92 Å². The second kappa shape index (κ2) is 4.38. The topological polar surface area (TPSA) is 85.2 Å². The van der Waals surface area contributed by atoms with Crippen molar-refractivity contribution in [3.63, 3.8) is 0 Å². The summed E-state index contributed by atoms with van der Waals surface area (Å²) in [5.41, 5.74) is 7.46. The summed E-state index contributed by atoms with van der Waals surface area (Å²) in [5.74, 6) is 0.407. The molecule has 1 saturated heterocycles. The van der Waals surface area contributed by atoms with Gasteiger partial charge in [0.2, 0.25) is 11.8 Å². The van der Waals surface area contributed by atoms with E-state index in [0.29, 0.717) is 18.9 Å². The summed E-state index contributed by atoms with van der Waals surface area (Å²) in [5, 5.41) is 7.48. The number of nitrogens with two attached hydrogens (primary N) is 1. The van der Waals surface area contributed by atoms with Crippen LogP contribution in [0.15, 0.2) is 28.7 Å². The molecule has 2 aromatic rings. The summed E-state index contributed by atoms with van der Waals surface area (Å²) in [6.07, 6.45) is 0.371. The average molecular weight is 258 g/mol. The Balaban J connectivity index is 1.82. The summed E-state index contributed by atoms with van der Waals surface area (Å²) in [6.45, 7) is 2.56. The van der Waals surface area contributed by atoms with Crippen LogP contribution in [-0.4, -0.2) is 22.6 Å². The van der Waals surface area contributed by atoms with Gasteiger partial charge < -0.3 is 15.1 Å². The van der Waals surface area contributed by atoms with E-state index in [1.807, 2.05) is 31.2 Å². The van der Waals surface area contributed by atoms with Crippen LogP contribution >= 0.6 is 0 Å². The van der Waals surface area contributed by atoms with Crippen LogP contribution in [0.5, 0.6) is 0 Å². The summed E-state index contributed by atoms with van der Waals surface area (Å²) < 4.78 is 5.20. The minimum Gasteiger partial charge on any atom is -0.408 e. The smallest absolute Gasteiger partial charge is 0.312 e. The lowest BCUT2D eigenvalue weighted by molar-refractivity contribution is -0.117.